The normalized spacial score (nSPS) is 23.4. The molecule has 0 bridgehead atoms. The molecule has 3 unspecified atom stereocenters. The lowest BCUT2D eigenvalue weighted by Gasteiger charge is -2.11. The molecule has 0 saturated heterocycles. The number of rotatable bonds is 9. The summed E-state index contributed by atoms with van der Waals surface area (Å²) in [6.07, 6.45) is 2.27. The molecule has 1 aliphatic rings. The zero-order valence-corrected chi connectivity index (χ0v) is 15.7. The van der Waals surface area contributed by atoms with Gasteiger partial charge in [0.1, 0.15) is 0 Å². The van der Waals surface area contributed by atoms with Gasteiger partial charge < -0.3 is 19.7 Å². The molecule has 3 rings (SSSR count). The number of nitrogens with two attached hydrogens (primary N) is 1. The third-order valence-electron chi connectivity index (χ3n) is 4.77. The van der Waals surface area contributed by atoms with Crippen molar-refractivity contribution in [1.82, 2.24) is 19.5 Å². The van der Waals surface area contributed by atoms with Crippen molar-refractivity contribution >= 4 is 24.7 Å². The van der Waals surface area contributed by atoms with Crippen LogP contribution in [-0.4, -0.2) is 43.1 Å². The number of halogens is 2. The van der Waals surface area contributed by atoms with Crippen molar-refractivity contribution in [2.45, 2.75) is 38.7 Å². The summed E-state index contributed by atoms with van der Waals surface area (Å²) in [5, 5.41) is 0. The molecule has 1 fully saturated rings. The SMILES string of the molecule is CCCCOP(=O)(O)CCC1C(Cn2cnc3c(=O)[nH]c(N)nc32)C1(F)F. The summed E-state index contributed by atoms with van der Waals surface area (Å²) in [6, 6.07) is 0. The first-order valence-corrected chi connectivity index (χ1v) is 10.5. The standard InChI is InChI=1S/C15H22F2N5O4P/c1-2-3-5-26-27(24,25)6-4-9-10(15(9,16)17)7-22-8-19-11-12(22)20-14(18)21-13(11)23/h8-10H,2-7H2,1H3,(H,24,25)(H3,18,20,21,23). The molecule has 2 aromatic rings. The summed E-state index contributed by atoms with van der Waals surface area (Å²) in [6.45, 7) is 1.94. The van der Waals surface area contributed by atoms with Gasteiger partial charge in [0, 0.05) is 18.4 Å². The highest BCUT2D eigenvalue weighted by Crippen LogP contribution is 2.59. The fourth-order valence-corrected chi connectivity index (χ4v) is 4.29. The summed E-state index contributed by atoms with van der Waals surface area (Å²) in [4.78, 5) is 31.6. The molecule has 4 N–H and O–H groups in total. The van der Waals surface area contributed by atoms with Gasteiger partial charge in [0.2, 0.25) is 5.95 Å². The Morgan fingerprint density at radius 2 is 2.22 bits per heavy atom. The highest BCUT2D eigenvalue weighted by atomic mass is 31.2. The number of hydrogen-bond donors (Lipinski definition) is 3. The van der Waals surface area contributed by atoms with Gasteiger partial charge in [-0.3, -0.25) is 14.3 Å². The van der Waals surface area contributed by atoms with E-state index < -0.39 is 30.9 Å². The average Bonchev–Trinajstić information content (AvgIpc) is 2.87. The van der Waals surface area contributed by atoms with Crippen molar-refractivity contribution in [1.29, 1.82) is 0 Å². The van der Waals surface area contributed by atoms with E-state index in [0.717, 1.165) is 6.42 Å². The van der Waals surface area contributed by atoms with Gasteiger partial charge >= 0.3 is 7.60 Å². The van der Waals surface area contributed by atoms with Crippen LogP contribution in [0.1, 0.15) is 26.2 Å². The average molecular weight is 405 g/mol. The Morgan fingerprint density at radius 1 is 1.48 bits per heavy atom. The van der Waals surface area contributed by atoms with Gasteiger partial charge in [-0.05, 0) is 12.8 Å². The minimum absolute atomic E-state index is 0.0221. The number of aromatic nitrogens is 4. The molecular weight excluding hydrogens is 383 g/mol. The van der Waals surface area contributed by atoms with Crippen LogP contribution in [0.4, 0.5) is 14.7 Å². The number of fused-ring (bicyclic) bond motifs is 1. The fourth-order valence-electron chi connectivity index (χ4n) is 3.14. The van der Waals surface area contributed by atoms with Gasteiger partial charge in [0.25, 0.3) is 11.5 Å². The van der Waals surface area contributed by atoms with E-state index in [1.165, 1.54) is 10.9 Å². The zero-order valence-electron chi connectivity index (χ0n) is 14.8. The second kappa shape index (κ2) is 7.29. The second-order valence-electron chi connectivity index (χ2n) is 6.74. The van der Waals surface area contributed by atoms with Crippen molar-refractivity contribution in [3.63, 3.8) is 0 Å². The Labute approximate surface area is 153 Å². The Balaban J connectivity index is 1.65. The molecule has 0 aliphatic heterocycles. The molecule has 1 saturated carbocycles. The van der Waals surface area contributed by atoms with Crippen molar-refractivity contribution in [3.05, 3.63) is 16.7 Å². The van der Waals surface area contributed by atoms with Crippen molar-refractivity contribution in [2.75, 3.05) is 18.5 Å². The fraction of sp³-hybridized carbons (Fsp3) is 0.667. The Morgan fingerprint density at radius 3 is 2.93 bits per heavy atom. The molecule has 9 nitrogen and oxygen atoms in total. The molecule has 0 amide bonds. The number of nitrogens with one attached hydrogen (secondary N) is 1. The first-order chi connectivity index (χ1) is 12.7. The number of H-pyrrole nitrogens is 1. The molecule has 3 atom stereocenters. The van der Waals surface area contributed by atoms with E-state index in [9.17, 15) is 23.0 Å². The van der Waals surface area contributed by atoms with Crippen molar-refractivity contribution in [3.8, 4) is 0 Å². The van der Waals surface area contributed by atoms with Crippen LogP contribution in [0.25, 0.3) is 11.2 Å². The maximum Gasteiger partial charge on any atom is 0.328 e. The Hall–Kier alpha value is -1.84. The van der Waals surface area contributed by atoms with Gasteiger partial charge in [-0.1, -0.05) is 13.3 Å². The van der Waals surface area contributed by atoms with E-state index in [4.69, 9.17) is 10.3 Å². The van der Waals surface area contributed by atoms with Crippen molar-refractivity contribution in [2.24, 2.45) is 11.8 Å². The third-order valence-corrected chi connectivity index (χ3v) is 6.17. The number of anilines is 1. The van der Waals surface area contributed by atoms with Crippen LogP contribution in [0.3, 0.4) is 0 Å². The predicted molar refractivity (Wildman–Crippen MR) is 94.7 cm³/mol. The lowest BCUT2D eigenvalue weighted by Crippen LogP contribution is -2.13. The van der Waals surface area contributed by atoms with E-state index >= 15 is 0 Å². The molecule has 0 aromatic carbocycles. The van der Waals surface area contributed by atoms with Crippen LogP contribution < -0.4 is 11.3 Å². The number of hydrogen-bond acceptors (Lipinski definition) is 6. The van der Waals surface area contributed by atoms with Crippen LogP contribution in [0.5, 0.6) is 0 Å². The van der Waals surface area contributed by atoms with Crippen LogP contribution in [-0.2, 0) is 15.6 Å². The first-order valence-electron chi connectivity index (χ1n) is 8.70. The maximum absolute atomic E-state index is 14.1. The summed E-state index contributed by atoms with van der Waals surface area (Å²) in [5.74, 6) is -5.16. The van der Waals surface area contributed by atoms with Gasteiger partial charge in [-0.25, -0.2) is 13.8 Å². The topological polar surface area (TPSA) is 136 Å². The number of nitrogens with zero attached hydrogens (tertiary/aromatic N) is 3. The monoisotopic (exact) mass is 405 g/mol. The van der Waals surface area contributed by atoms with E-state index in [0.29, 0.717) is 6.42 Å². The van der Waals surface area contributed by atoms with Gasteiger partial charge in [0.05, 0.1) is 19.1 Å². The van der Waals surface area contributed by atoms with Gasteiger partial charge in [-0.2, -0.15) is 4.98 Å². The highest BCUT2D eigenvalue weighted by molar-refractivity contribution is 7.52. The largest absolute Gasteiger partial charge is 0.369 e. The lowest BCUT2D eigenvalue weighted by atomic mass is 10.2. The second-order valence-corrected chi connectivity index (χ2v) is 8.72. The van der Waals surface area contributed by atoms with E-state index in [1.54, 1.807) is 0 Å². The molecule has 2 heterocycles. The van der Waals surface area contributed by atoms with Crippen LogP contribution in [0.2, 0.25) is 0 Å². The van der Waals surface area contributed by atoms with Gasteiger partial charge in [-0.15, -0.1) is 0 Å². The van der Waals surface area contributed by atoms with E-state index in [1.807, 2.05) is 6.92 Å². The number of unbranched alkanes of at least 4 members (excludes halogenated alkanes) is 1. The first kappa shape index (κ1) is 19.9. The number of imidazole rings is 1. The Kier molecular flexibility index (Phi) is 5.38. The van der Waals surface area contributed by atoms with Crippen molar-refractivity contribution < 1.29 is 22.8 Å². The lowest BCUT2D eigenvalue weighted by molar-refractivity contribution is 0.0808. The Bertz CT molecular complexity index is 931. The third kappa shape index (κ3) is 4.20. The molecule has 150 valence electrons. The minimum Gasteiger partial charge on any atom is -0.369 e. The summed E-state index contributed by atoms with van der Waals surface area (Å²) < 4.78 is 46.5. The van der Waals surface area contributed by atoms with Crippen LogP contribution in [0, 0.1) is 11.8 Å². The predicted octanol–water partition coefficient (Wildman–Crippen LogP) is 1.98. The molecule has 27 heavy (non-hydrogen) atoms. The summed E-state index contributed by atoms with van der Waals surface area (Å²) in [7, 11) is -3.87. The quantitative estimate of drug-likeness (QED) is 0.429. The van der Waals surface area contributed by atoms with Gasteiger partial charge in [0.15, 0.2) is 11.2 Å². The van der Waals surface area contributed by atoms with Crippen LogP contribution >= 0.6 is 7.60 Å². The molecule has 12 heteroatoms. The minimum atomic E-state index is -3.87. The summed E-state index contributed by atoms with van der Waals surface area (Å²) in [5.41, 5.74) is 5.11. The molecule has 1 aliphatic carbocycles. The number of aromatic amines is 1. The molecule has 2 aromatic heterocycles. The number of alkyl halides is 2. The highest BCUT2D eigenvalue weighted by Gasteiger charge is 2.67. The maximum atomic E-state index is 14.1. The van der Waals surface area contributed by atoms with E-state index in [2.05, 4.69) is 15.0 Å². The number of nitrogen functional groups attached to an aromatic ring is 1. The molecule has 0 spiro atoms. The smallest absolute Gasteiger partial charge is 0.328 e. The van der Waals surface area contributed by atoms with Crippen LogP contribution in [0.15, 0.2) is 11.1 Å². The summed E-state index contributed by atoms with van der Waals surface area (Å²) >= 11 is 0. The molecule has 0 radical (unpaired) electrons. The zero-order chi connectivity index (χ0) is 19.8. The molecular formula is C15H22F2N5O4P. The van der Waals surface area contributed by atoms with E-state index in [-0.39, 0.29) is 42.8 Å².